The van der Waals surface area contributed by atoms with Crippen LogP contribution in [0.1, 0.15) is 13.8 Å². The van der Waals surface area contributed by atoms with Crippen molar-refractivity contribution in [1.29, 1.82) is 0 Å². The van der Waals surface area contributed by atoms with E-state index in [-0.39, 0.29) is 29.9 Å². The molecule has 1 amide bonds. The van der Waals surface area contributed by atoms with E-state index in [2.05, 4.69) is 10.6 Å². The largest absolute Gasteiger partial charge is 0.496 e. The number of benzene rings is 1. The van der Waals surface area contributed by atoms with Gasteiger partial charge in [-0.3, -0.25) is 14.9 Å². The van der Waals surface area contributed by atoms with Crippen molar-refractivity contribution in [3.05, 3.63) is 28.3 Å². The van der Waals surface area contributed by atoms with Gasteiger partial charge in [0.05, 0.1) is 24.6 Å². The summed E-state index contributed by atoms with van der Waals surface area (Å²) >= 11 is 0. The molecule has 0 aromatic heterocycles. The molecule has 7 heteroatoms. The van der Waals surface area contributed by atoms with Gasteiger partial charge in [-0.2, -0.15) is 0 Å². The van der Waals surface area contributed by atoms with Gasteiger partial charge in [0.15, 0.2) is 0 Å². The number of nitrogens with one attached hydrogen (secondary N) is 2. The topological polar surface area (TPSA) is 93.5 Å². The number of carbonyl (C=O) groups is 1. The Hall–Kier alpha value is -2.31. The molecule has 0 heterocycles. The lowest BCUT2D eigenvalue weighted by Gasteiger charge is -2.10. The summed E-state index contributed by atoms with van der Waals surface area (Å²) in [6.45, 7) is 3.66. The quantitative estimate of drug-likeness (QED) is 0.602. The average Bonchev–Trinajstić information content (AvgIpc) is 2.35. The molecule has 2 N–H and O–H groups in total. The summed E-state index contributed by atoms with van der Waals surface area (Å²) in [5, 5.41) is 16.4. The van der Waals surface area contributed by atoms with Crippen LogP contribution in [0.4, 0.5) is 11.4 Å². The predicted molar refractivity (Wildman–Crippen MR) is 71.4 cm³/mol. The number of methoxy groups -OCH3 is 1. The van der Waals surface area contributed by atoms with Gasteiger partial charge in [-0.05, 0) is 26.0 Å². The molecule has 0 spiro atoms. The lowest BCUT2D eigenvalue weighted by molar-refractivity contribution is -0.384. The van der Waals surface area contributed by atoms with E-state index < -0.39 is 4.92 Å². The first kappa shape index (κ1) is 14.7. The fraction of sp³-hybridized carbons (Fsp3) is 0.417. The summed E-state index contributed by atoms with van der Waals surface area (Å²) in [7, 11) is 1.43. The fourth-order valence-electron chi connectivity index (χ4n) is 1.49. The molecule has 19 heavy (non-hydrogen) atoms. The Morgan fingerprint density at radius 2 is 2.16 bits per heavy atom. The number of anilines is 1. The zero-order valence-electron chi connectivity index (χ0n) is 11.1. The molecule has 0 saturated heterocycles. The first-order valence-corrected chi connectivity index (χ1v) is 5.79. The van der Waals surface area contributed by atoms with Gasteiger partial charge in [-0.15, -0.1) is 0 Å². The number of amides is 1. The molecule has 0 aliphatic rings. The molecule has 0 atom stereocenters. The number of ether oxygens (including phenoxy) is 1. The second kappa shape index (κ2) is 6.58. The molecule has 1 rings (SSSR count). The summed E-state index contributed by atoms with van der Waals surface area (Å²) in [4.78, 5) is 21.9. The molecule has 0 fully saturated rings. The maximum absolute atomic E-state index is 11.5. The minimum atomic E-state index is -0.523. The average molecular weight is 267 g/mol. The Morgan fingerprint density at radius 3 is 2.68 bits per heavy atom. The first-order valence-electron chi connectivity index (χ1n) is 5.79. The van der Waals surface area contributed by atoms with Crippen molar-refractivity contribution in [2.24, 2.45) is 0 Å². The molecule has 0 unspecified atom stereocenters. The SMILES string of the molecule is COc1ccc(NCC(=O)NC(C)C)c([N+](=O)[O-])c1. The van der Waals surface area contributed by atoms with Gasteiger partial charge in [0, 0.05) is 6.04 Å². The second-order valence-electron chi connectivity index (χ2n) is 4.22. The van der Waals surface area contributed by atoms with Crippen LogP contribution in [0.3, 0.4) is 0 Å². The first-order chi connectivity index (χ1) is 8.93. The standard InChI is InChI=1S/C12H17N3O4/c1-8(2)14-12(16)7-13-10-5-4-9(19-3)6-11(10)15(17)18/h4-6,8,13H,7H2,1-3H3,(H,14,16). The van der Waals surface area contributed by atoms with Gasteiger partial charge in [-0.25, -0.2) is 0 Å². The number of nitro benzene ring substituents is 1. The van der Waals surface area contributed by atoms with E-state index in [0.29, 0.717) is 5.75 Å². The number of carbonyl (C=O) groups excluding carboxylic acids is 1. The number of nitrogens with zero attached hydrogens (tertiary/aromatic N) is 1. The van der Waals surface area contributed by atoms with Crippen LogP contribution in [0, 0.1) is 10.1 Å². The second-order valence-corrected chi connectivity index (χ2v) is 4.22. The van der Waals surface area contributed by atoms with Gasteiger partial charge in [0.2, 0.25) is 5.91 Å². The third kappa shape index (κ3) is 4.46. The van der Waals surface area contributed by atoms with E-state index >= 15 is 0 Å². The molecule has 0 aliphatic carbocycles. The number of hydrogen-bond acceptors (Lipinski definition) is 5. The number of rotatable bonds is 6. The van der Waals surface area contributed by atoms with Crippen LogP contribution in [0.2, 0.25) is 0 Å². The fourth-order valence-corrected chi connectivity index (χ4v) is 1.49. The van der Waals surface area contributed by atoms with Crippen molar-refractivity contribution in [3.63, 3.8) is 0 Å². The zero-order chi connectivity index (χ0) is 14.4. The highest BCUT2D eigenvalue weighted by molar-refractivity contribution is 5.82. The molecule has 0 saturated carbocycles. The molecule has 0 aliphatic heterocycles. The van der Waals surface area contributed by atoms with Crippen LogP contribution >= 0.6 is 0 Å². The van der Waals surface area contributed by atoms with Crippen LogP contribution in [0.15, 0.2) is 18.2 Å². The smallest absolute Gasteiger partial charge is 0.296 e. The van der Waals surface area contributed by atoms with E-state index in [1.54, 1.807) is 6.07 Å². The Kier molecular flexibility index (Phi) is 5.11. The summed E-state index contributed by atoms with van der Waals surface area (Å²) in [6, 6.07) is 4.44. The molecule has 0 radical (unpaired) electrons. The predicted octanol–water partition coefficient (Wildman–Crippen LogP) is 1.54. The van der Waals surface area contributed by atoms with Gasteiger partial charge < -0.3 is 15.4 Å². The summed E-state index contributed by atoms with van der Waals surface area (Å²) < 4.78 is 4.93. The van der Waals surface area contributed by atoms with Crippen molar-refractivity contribution < 1.29 is 14.5 Å². The Morgan fingerprint density at radius 1 is 1.47 bits per heavy atom. The van der Waals surface area contributed by atoms with E-state index in [1.165, 1.54) is 19.2 Å². The highest BCUT2D eigenvalue weighted by atomic mass is 16.6. The normalized spacial score (nSPS) is 10.1. The van der Waals surface area contributed by atoms with Crippen LogP contribution in [-0.4, -0.2) is 30.5 Å². The number of nitro groups is 1. The van der Waals surface area contributed by atoms with Crippen LogP contribution in [-0.2, 0) is 4.79 Å². The van der Waals surface area contributed by atoms with Crippen molar-refractivity contribution in [3.8, 4) is 5.75 Å². The lowest BCUT2D eigenvalue weighted by atomic mass is 10.2. The van der Waals surface area contributed by atoms with Gasteiger partial charge in [0.1, 0.15) is 11.4 Å². The van der Waals surface area contributed by atoms with E-state index in [9.17, 15) is 14.9 Å². The summed E-state index contributed by atoms with van der Waals surface area (Å²) in [5.74, 6) is 0.170. The van der Waals surface area contributed by atoms with Gasteiger partial charge >= 0.3 is 0 Å². The minimum absolute atomic E-state index is 0.0225. The van der Waals surface area contributed by atoms with Crippen LogP contribution < -0.4 is 15.4 Å². The van der Waals surface area contributed by atoms with E-state index in [0.717, 1.165) is 0 Å². The molecular formula is C12H17N3O4. The summed E-state index contributed by atoms with van der Waals surface area (Å²) in [5.41, 5.74) is 0.154. The third-order valence-electron chi connectivity index (χ3n) is 2.29. The lowest BCUT2D eigenvalue weighted by Crippen LogP contribution is -2.34. The summed E-state index contributed by atoms with van der Waals surface area (Å²) in [6.07, 6.45) is 0. The molecular weight excluding hydrogens is 250 g/mol. The monoisotopic (exact) mass is 267 g/mol. The van der Waals surface area contributed by atoms with Gasteiger partial charge in [-0.1, -0.05) is 0 Å². The maximum atomic E-state index is 11.5. The molecule has 7 nitrogen and oxygen atoms in total. The Balaban J connectivity index is 2.77. The van der Waals surface area contributed by atoms with Gasteiger partial charge in [0.25, 0.3) is 5.69 Å². The number of hydrogen-bond donors (Lipinski definition) is 2. The van der Waals surface area contributed by atoms with Crippen LogP contribution in [0.5, 0.6) is 5.75 Å². The van der Waals surface area contributed by atoms with Crippen molar-refractivity contribution >= 4 is 17.3 Å². The van der Waals surface area contributed by atoms with E-state index in [1.807, 2.05) is 13.8 Å². The highest BCUT2D eigenvalue weighted by Gasteiger charge is 2.15. The molecule has 1 aromatic carbocycles. The molecule has 1 aromatic rings. The Labute approximate surface area is 111 Å². The maximum Gasteiger partial charge on any atom is 0.296 e. The van der Waals surface area contributed by atoms with Crippen molar-refractivity contribution in [1.82, 2.24) is 5.32 Å². The zero-order valence-corrected chi connectivity index (χ0v) is 11.1. The third-order valence-corrected chi connectivity index (χ3v) is 2.29. The van der Waals surface area contributed by atoms with Crippen molar-refractivity contribution in [2.45, 2.75) is 19.9 Å². The van der Waals surface area contributed by atoms with E-state index in [4.69, 9.17) is 4.74 Å². The minimum Gasteiger partial charge on any atom is -0.496 e. The highest BCUT2D eigenvalue weighted by Crippen LogP contribution is 2.28. The molecule has 0 bridgehead atoms. The Bertz CT molecular complexity index is 474. The van der Waals surface area contributed by atoms with Crippen LogP contribution in [0.25, 0.3) is 0 Å². The molecule has 104 valence electrons. The van der Waals surface area contributed by atoms with Crippen molar-refractivity contribution in [2.75, 3.05) is 19.0 Å².